The van der Waals surface area contributed by atoms with Gasteiger partial charge in [0.05, 0.1) is 35.1 Å². The van der Waals surface area contributed by atoms with Crippen LogP contribution in [0.1, 0.15) is 19.4 Å². The zero-order valence-electron chi connectivity index (χ0n) is 17.1. The summed E-state index contributed by atoms with van der Waals surface area (Å²) >= 11 is 1.18. The normalized spacial score (nSPS) is 10.3. The van der Waals surface area contributed by atoms with E-state index in [2.05, 4.69) is 9.97 Å². The van der Waals surface area contributed by atoms with E-state index < -0.39 is 22.4 Å². The lowest BCUT2D eigenvalue weighted by Crippen LogP contribution is -2.23. The number of thioether (sulfide) groups is 1. The summed E-state index contributed by atoms with van der Waals surface area (Å²) in [5, 5.41) is 11.5. The Morgan fingerprint density at radius 1 is 1.16 bits per heavy atom. The fourth-order valence-electron chi connectivity index (χ4n) is 2.62. The largest absolute Gasteiger partial charge is 0.462 e. The van der Waals surface area contributed by atoms with E-state index in [4.69, 9.17) is 20.9 Å². The molecule has 2 rings (SSSR count). The Labute approximate surface area is 182 Å². The Morgan fingerprint density at radius 2 is 1.77 bits per heavy atom. The molecule has 164 valence electrons. The number of ether oxygens (including phenoxy) is 2. The second-order valence-corrected chi connectivity index (χ2v) is 6.63. The number of hydrogen-bond acceptors (Lipinski definition) is 11. The predicted octanol–water partition coefficient (Wildman–Crippen LogP) is 2.15. The van der Waals surface area contributed by atoms with Crippen molar-refractivity contribution in [3.05, 3.63) is 45.5 Å². The van der Waals surface area contributed by atoms with Crippen molar-refractivity contribution in [3.63, 3.8) is 0 Å². The van der Waals surface area contributed by atoms with E-state index in [1.54, 1.807) is 26.2 Å². The molecule has 0 bridgehead atoms. The first-order valence-corrected chi connectivity index (χ1v) is 10.3. The van der Waals surface area contributed by atoms with E-state index in [9.17, 15) is 19.7 Å². The summed E-state index contributed by atoms with van der Waals surface area (Å²) in [5.41, 5.74) is 11.6. The number of nitro groups is 1. The molecule has 1 heterocycles. The van der Waals surface area contributed by atoms with Crippen LogP contribution in [0.25, 0.3) is 17.0 Å². The van der Waals surface area contributed by atoms with Crippen molar-refractivity contribution < 1.29 is 24.0 Å². The van der Waals surface area contributed by atoms with Crippen LogP contribution in [0, 0.1) is 10.1 Å². The summed E-state index contributed by atoms with van der Waals surface area (Å²) in [6, 6.07) is 5.61. The predicted molar refractivity (Wildman–Crippen MR) is 115 cm³/mol. The highest BCUT2D eigenvalue weighted by Gasteiger charge is 2.29. The maximum atomic E-state index is 12.5. The number of rotatable bonds is 8. The molecule has 0 aliphatic carbocycles. The molecule has 0 aliphatic heterocycles. The number of nitrogen functional groups attached to an aromatic ring is 1. The van der Waals surface area contributed by atoms with Crippen LogP contribution in [-0.2, 0) is 19.1 Å². The number of carbonyl (C=O) groups is 2. The molecule has 31 heavy (non-hydrogen) atoms. The summed E-state index contributed by atoms with van der Waals surface area (Å²) < 4.78 is 9.88. The van der Waals surface area contributed by atoms with E-state index in [1.165, 1.54) is 30.0 Å². The Balaban J connectivity index is 2.86. The Morgan fingerprint density at radius 3 is 2.29 bits per heavy atom. The lowest BCUT2D eigenvalue weighted by atomic mass is 10.0. The molecule has 1 aromatic heterocycles. The Bertz CT molecular complexity index is 1040. The highest BCUT2D eigenvalue weighted by atomic mass is 32.2. The van der Waals surface area contributed by atoms with E-state index in [-0.39, 0.29) is 46.8 Å². The molecule has 0 aliphatic rings. The second-order valence-electron chi connectivity index (χ2n) is 5.86. The van der Waals surface area contributed by atoms with Crippen molar-refractivity contribution in [1.82, 2.24) is 9.97 Å². The minimum atomic E-state index is -1.00. The molecule has 2 aromatic rings. The second kappa shape index (κ2) is 10.4. The number of aromatic nitrogens is 2. The van der Waals surface area contributed by atoms with Crippen LogP contribution in [0.5, 0.6) is 0 Å². The van der Waals surface area contributed by atoms with Gasteiger partial charge in [0.2, 0.25) is 0 Å². The molecular formula is C19H21N5O6S. The van der Waals surface area contributed by atoms with Crippen LogP contribution in [-0.4, -0.2) is 46.3 Å². The zero-order valence-corrected chi connectivity index (χ0v) is 17.9. The molecule has 0 amide bonds. The van der Waals surface area contributed by atoms with E-state index >= 15 is 0 Å². The first-order chi connectivity index (χ1) is 14.7. The van der Waals surface area contributed by atoms with Gasteiger partial charge in [-0.2, -0.15) is 0 Å². The van der Waals surface area contributed by atoms with Gasteiger partial charge in [0.25, 0.3) is 5.69 Å². The van der Waals surface area contributed by atoms with Gasteiger partial charge in [0.15, 0.2) is 10.7 Å². The molecule has 0 atom stereocenters. The van der Waals surface area contributed by atoms with Gasteiger partial charge >= 0.3 is 11.9 Å². The molecular weight excluding hydrogens is 426 g/mol. The Hall–Kier alpha value is -3.67. The first kappa shape index (κ1) is 23.6. The topological polar surface area (TPSA) is 174 Å². The number of nitro benzene ring substituents is 1. The molecule has 0 saturated carbocycles. The third-order valence-electron chi connectivity index (χ3n) is 3.93. The number of benzene rings is 1. The summed E-state index contributed by atoms with van der Waals surface area (Å²) in [7, 11) is 0. The lowest BCUT2D eigenvalue weighted by Gasteiger charge is -2.16. The van der Waals surface area contributed by atoms with Crippen LogP contribution in [0.15, 0.2) is 35.0 Å². The van der Waals surface area contributed by atoms with Crippen molar-refractivity contribution in [1.29, 1.82) is 0 Å². The quantitative estimate of drug-likeness (QED) is 0.0886. The molecule has 12 heteroatoms. The highest BCUT2D eigenvalue weighted by molar-refractivity contribution is 7.98. The highest BCUT2D eigenvalue weighted by Crippen LogP contribution is 2.34. The van der Waals surface area contributed by atoms with Crippen molar-refractivity contribution in [3.8, 4) is 11.3 Å². The van der Waals surface area contributed by atoms with Crippen LogP contribution >= 0.6 is 11.8 Å². The lowest BCUT2D eigenvalue weighted by molar-refractivity contribution is -0.384. The zero-order chi connectivity index (χ0) is 23.1. The van der Waals surface area contributed by atoms with Gasteiger partial charge < -0.3 is 20.9 Å². The number of non-ortho nitro benzene ring substituents is 1. The van der Waals surface area contributed by atoms with Gasteiger partial charge in [-0.15, -0.1) is 0 Å². The summed E-state index contributed by atoms with van der Waals surface area (Å²) in [6.07, 6.45) is 1.72. The van der Waals surface area contributed by atoms with Crippen LogP contribution in [0.4, 0.5) is 11.5 Å². The van der Waals surface area contributed by atoms with Gasteiger partial charge in [0.1, 0.15) is 5.82 Å². The maximum absolute atomic E-state index is 12.5. The number of anilines is 1. The van der Waals surface area contributed by atoms with Crippen LogP contribution < -0.4 is 11.5 Å². The number of nitrogens with zero attached hydrogens (tertiary/aromatic N) is 3. The maximum Gasteiger partial charge on any atom is 0.347 e. The standard InChI is InChI=1S/C19H21N5O6S/c1-4-29-17(25)13(18(26)30-5-2)14(20)12-15(22-19(31-3)23-16(12)21)10-7-6-8-11(9-10)24(27)28/h6-9H,4-5,20H2,1-3H3,(H2,21,22,23). The molecule has 4 N–H and O–H groups in total. The molecule has 11 nitrogen and oxygen atoms in total. The van der Waals surface area contributed by atoms with Crippen LogP contribution in [0.3, 0.4) is 0 Å². The van der Waals surface area contributed by atoms with E-state index in [1.807, 2.05) is 0 Å². The minimum Gasteiger partial charge on any atom is -0.462 e. The molecule has 0 radical (unpaired) electrons. The average molecular weight is 447 g/mol. The molecule has 0 spiro atoms. The molecule has 0 unspecified atom stereocenters. The fraction of sp³-hybridized carbons (Fsp3) is 0.263. The van der Waals surface area contributed by atoms with Crippen LogP contribution in [0.2, 0.25) is 0 Å². The fourth-order valence-corrected chi connectivity index (χ4v) is 3.00. The third kappa shape index (κ3) is 5.28. The van der Waals surface area contributed by atoms with Gasteiger partial charge in [-0.3, -0.25) is 10.1 Å². The van der Waals surface area contributed by atoms with E-state index in [0.717, 1.165) is 0 Å². The van der Waals surface area contributed by atoms with E-state index in [0.29, 0.717) is 5.56 Å². The summed E-state index contributed by atoms with van der Waals surface area (Å²) in [5.74, 6) is -2.13. The number of carbonyl (C=O) groups excluding carboxylic acids is 2. The smallest absolute Gasteiger partial charge is 0.347 e. The third-order valence-corrected chi connectivity index (χ3v) is 4.47. The first-order valence-electron chi connectivity index (χ1n) is 9.05. The van der Waals surface area contributed by atoms with Crippen molar-refractivity contribution in [2.75, 3.05) is 25.2 Å². The van der Waals surface area contributed by atoms with Gasteiger partial charge in [-0.05, 0) is 20.1 Å². The van der Waals surface area contributed by atoms with Crippen molar-refractivity contribution in [2.24, 2.45) is 5.73 Å². The van der Waals surface area contributed by atoms with Gasteiger partial charge in [0, 0.05) is 17.7 Å². The molecule has 0 fully saturated rings. The minimum absolute atomic E-state index is 0.00977. The van der Waals surface area contributed by atoms with Crippen molar-refractivity contribution >= 4 is 40.9 Å². The summed E-state index contributed by atoms with van der Waals surface area (Å²) in [4.78, 5) is 44.1. The number of esters is 2. The number of hydrogen-bond donors (Lipinski definition) is 2. The molecule has 1 aromatic carbocycles. The molecule has 0 saturated heterocycles. The Kier molecular flexibility index (Phi) is 7.91. The van der Waals surface area contributed by atoms with Crippen molar-refractivity contribution in [2.45, 2.75) is 19.0 Å². The SMILES string of the molecule is CCOC(=O)C(C(=O)OCC)=C(N)c1c(N)nc(SC)nc1-c1cccc([N+](=O)[O-])c1. The number of nitrogens with two attached hydrogens (primary N) is 2. The monoisotopic (exact) mass is 447 g/mol. The van der Waals surface area contributed by atoms with Gasteiger partial charge in [-0.1, -0.05) is 23.9 Å². The summed E-state index contributed by atoms with van der Waals surface area (Å²) in [6.45, 7) is 3.11. The average Bonchev–Trinajstić information content (AvgIpc) is 2.73. The van der Waals surface area contributed by atoms with Gasteiger partial charge in [-0.25, -0.2) is 19.6 Å².